The van der Waals surface area contributed by atoms with E-state index in [1.807, 2.05) is 0 Å². The molecule has 0 amide bonds. The second-order valence-electron chi connectivity index (χ2n) is 4.94. The Labute approximate surface area is 70.2 Å². The molecular weight excluding hydrogens is 136 g/mol. The number of hydrogen-bond donors (Lipinski definition) is 1. The fraction of sp³-hybridized carbons (Fsp3) is 1.00. The molecule has 1 heteroatoms. The highest BCUT2D eigenvalue weighted by Gasteiger charge is 2.60. The SMILES string of the molecule is [2H]C1(O)CC2CCC1(C)C2(C)C. The molecule has 2 saturated carbocycles. The van der Waals surface area contributed by atoms with Crippen molar-refractivity contribution in [1.82, 2.24) is 0 Å². The molecule has 2 bridgehead atoms. The van der Waals surface area contributed by atoms with Crippen LogP contribution in [0.1, 0.15) is 41.4 Å². The topological polar surface area (TPSA) is 20.2 Å². The highest BCUT2D eigenvalue weighted by atomic mass is 16.3. The van der Waals surface area contributed by atoms with E-state index in [1.54, 1.807) is 0 Å². The molecular formula is C10H18O. The van der Waals surface area contributed by atoms with Gasteiger partial charge in [0.25, 0.3) is 0 Å². The molecule has 0 aromatic heterocycles. The van der Waals surface area contributed by atoms with Gasteiger partial charge < -0.3 is 5.11 Å². The quantitative estimate of drug-likeness (QED) is 0.568. The Kier molecular flexibility index (Phi) is 1.07. The van der Waals surface area contributed by atoms with Crippen molar-refractivity contribution in [3.8, 4) is 0 Å². The summed E-state index contributed by atoms with van der Waals surface area (Å²) in [5, 5.41) is 9.95. The van der Waals surface area contributed by atoms with Crippen LogP contribution in [0, 0.1) is 16.7 Å². The average Bonchev–Trinajstić information content (AvgIpc) is 2.18. The summed E-state index contributed by atoms with van der Waals surface area (Å²) in [6.45, 7) is 6.49. The van der Waals surface area contributed by atoms with Crippen LogP contribution < -0.4 is 0 Å². The van der Waals surface area contributed by atoms with Crippen molar-refractivity contribution in [3.63, 3.8) is 0 Å². The van der Waals surface area contributed by atoms with Gasteiger partial charge in [-0.1, -0.05) is 20.8 Å². The zero-order chi connectivity index (χ0) is 9.20. The lowest BCUT2D eigenvalue weighted by molar-refractivity contribution is 0.0126. The first-order chi connectivity index (χ1) is 5.31. The van der Waals surface area contributed by atoms with Crippen LogP contribution in [0.2, 0.25) is 0 Å². The van der Waals surface area contributed by atoms with Gasteiger partial charge in [-0.05, 0) is 36.0 Å². The Morgan fingerprint density at radius 2 is 2.09 bits per heavy atom. The van der Waals surface area contributed by atoms with Crippen LogP contribution in [0.15, 0.2) is 0 Å². The van der Waals surface area contributed by atoms with Crippen LogP contribution in [-0.2, 0) is 0 Å². The first-order valence-corrected chi connectivity index (χ1v) is 4.54. The second kappa shape index (κ2) is 1.82. The molecule has 64 valence electrons. The predicted molar refractivity (Wildman–Crippen MR) is 45.2 cm³/mol. The molecule has 0 saturated heterocycles. The van der Waals surface area contributed by atoms with Gasteiger partial charge in [-0.15, -0.1) is 0 Å². The van der Waals surface area contributed by atoms with Crippen molar-refractivity contribution >= 4 is 0 Å². The van der Waals surface area contributed by atoms with E-state index in [4.69, 9.17) is 1.37 Å². The molecule has 0 aromatic carbocycles. The van der Waals surface area contributed by atoms with E-state index < -0.39 is 6.08 Å². The Morgan fingerprint density at radius 1 is 1.45 bits per heavy atom. The zero-order valence-electron chi connectivity index (χ0n) is 8.65. The van der Waals surface area contributed by atoms with Crippen LogP contribution >= 0.6 is 0 Å². The predicted octanol–water partition coefficient (Wildman–Crippen LogP) is 2.19. The van der Waals surface area contributed by atoms with Crippen LogP contribution in [0.4, 0.5) is 0 Å². The normalized spacial score (nSPS) is 61.5. The number of fused-ring (bicyclic) bond motifs is 2. The Balaban J connectivity index is 2.47. The summed E-state index contributed by atoms with van der Waals surface area (Å²) < 4.78 is 7.88. The van der Waals surface area contributed by atoms with Crippen molar-refractivity contribution in [2.45, 2.75) is 46.1 Å². The largest absolute Gasteiger partial charge is 0.393 e. The zero-order valence-corrected chi connectivity index (χ0v) is 7.65. The Hall–Kier alpha value is -0.0400. The molecule has 2 aliphatic rings. The van der Waals surface area contributed by atoms with Gasteiger partial charge in [0.15, 0.2) is 0 Å². The van der Waals surface area contributed by atoms with Crippen molar-refractivity contribution in [1.29, 1.82) is 0 Å². The van der Waals surface area contributed by atoms with Gasteiger partial charge in [-0.25, -0.2) is 0 Å². The first kappa shape index (κ1) is 6.47. The number of aliphatic hydroxyl groups is 1. The second-order valence-corrected chi connectivity index (χ2v) is 4.94. The minimum absolute atomic E-state index is 0.156. The lowest BCUT2D eigenvalue weighted by Gasteiger charge is -2.36. The molecule has 3 atom stereocenters. The van der Waals surface area contributed by atoms with Crippen LogP contribution in [-0.4, -0.2) is 11.2 Å². The van der Waals surface area contributed by atoms with Gasteiger partial charge in [0.1, 0.15) is 0 Å². The highest BCUT2D eigenvalue weighted by Crippen LogP contribution is 2.65. The third-order valence-electron chi connectivity index (χ3n) is 4.51. The molecule has 2 aliphatic carbocycles. The van der Waals surface area contributed by atoms with E-state index in [9.17, 15) is 5.11 Å². The molecule has 3 unspecified atom stereocenters. The van der Waals surface area contributed by atoms with Crippen LogP contribution in [0.25, 0.3) is 0 Å². The van der Waals surface area contributed by atoms with E-state index in [2.05, 4.69) is 20.8 Å². The first-order valence-electron chi connectivity index (χ1n) is 5.04. The summed E-state index contributed by atoms with van der Waals surface area (Å²) in [4.78, 5) is 0. The third-order valence-corrected chi connectivity index (χ3v) is 4.51. The minimum Gasteiger partial charge on any atom is -0.393 e. The lowest BCUT2D eigenvalue weighted by atomic mass is 9.70. The van der Waals surface area contributed by atoms with Crippen molar-refractivity contribution in [3.05, 3.63) is 0 Å². The summed E-state index contributed by atoms with van der Waals surface area (Å²) in [5.74, 6) is 0.560. The fourth-order valence-corrected chi connectivity index (χ4v) is 2.93. The van der Waals surface area contributed by atoms with Gasteiger partial charge in [0.2, 0.25) is 0 Å². The maximum atomic E-state index is 9.95. The van der Waals surface area contributed by atoms with Crippen LogP contribution in [0.3, 0.4) is 0 Å². The van der Waals surface area contributed by atoms with Gasteiger partial charge in [-0.3, -0.25) is 0 Å². The van der Waals surface area contributed by atoms with E-state index in [-0.39, 0.29) is 10.8 Å². The third kappa shape index (κ3) is 0.658. The maximum Gasteiger partial charge on any atom is 0.0606 e. The van der Waals surface area contributed by atoms with Gasteiger partial charge in [0, 0.05) is 0 Å². The van der Waals surface area contributed by atoms with Crippen molar-refractivity contribution in [2.75, 3.05) is 0 Å². The summed E-state index contributed by atoms with van der Waals surface area (Å²) in [5.41, 5.74) is -0.0197. The molecule has 0 spiro atoms. The molecule has 0 radical (unpaired) electrons. The minimum atomic E-state index is -1.17. The van der Waals surface area contributed by atoms with E-state index in [1.165, 1.54) is 6.42 Å². The summed E-state index contributed by atoms with van der Waals surface area (Å²) in [6, 6.07) is 0. The molecule has 2 fully saturated rings. The lowest BCUT2D eigenvalue weighted by Crippen LogP contribution is -2.35. The molecule has 2 rings (SSSR count). The monoisotopic (exact) mass is 155 g/mol. The summed E-state index contributed by atoms with van der Waals surface area (Å²) in [6.07, 6.45) is 1.73. The standard InChI is InChI=1S/C10H18O/c1-9(2)7-4-5-10(9,3)8(11)6-7/h7-8,11H,4-6H2,1-3H3/i8D. The molecule has 0 aliphatic heterocycles. The van der Waals surface area contributed by atoms with Gasteiger partial charge >= 0.3 is 0 Å². The maximum absolute atomic E-state index is 9.95. The van der Waals surface area contributed by atoms with E-state index in [0.717, 1.165) is 6.42 Å². The number of rotatable bonds is 0. The summed E-state index contributed by atoms with van der Waals surface area (Å²) >= 11 is 0. The molecule has 0 heterocycles. The van der Waals surface area contributed by atoms with Gasteiger partial charge in [0.05, 0.1) is 7.45 Å². The molecule has 1 N–H and O–H groups in total. The van der Waals surface area contributed by atoms with Crippen molar-refractivity contribution in [2.24, 2.45) is 16.7 Å². The van der Waals surface area contributed by atoms with E-state index in [0.29, 0.717) is 12.3 Å². The van der Waals surface area contributed by atoms with Gasteiger partial charge in [-0.2, -0.15) is 0 Å². The smallest absolute Gasteiger partial charge is 0.0606 e. The summed E-state index contributed by atoms with van der Waals surface area (Å²) in [7, 11) is 0. The molecule has 0 aromatic rings. The molecule has 1 nitrogen and oxygen atoms in total. The molecule has 11 heavy (non-hydrogen) atoms. The fourth-order valence-electron chi connectivity index (χ4n) is 2.93. The average molecular weight is 155 g/mol. The Bertz CT molecular complexity index is 222. The van der Waals surface area contributed by atoms with E-state index >= 15 is 0 Å². The Morgan fingerprint density at radius 3 is 2.27 bits per heavy atom. The van der Waals surface area contributed by atoms with Crippen molar-refractivity contribution < 1.29 is 6.48 Å². The number of hydrogen-bond acceptors (Lipinski definition) is 1. The highest BCUT2D eigenvalue weighted by molar-refractivity contribution is 5.10. The van der Waals surface area contributed by atoms with Crippen LogP contribution in [0.5, 0.6) is 0 Å².